The lowest BCUT2D eigenvalue weighted by Gasteiger charge is -2.25. The molecular formula is C14H19N3OS. The summed E-state index contributed by atoms with van der Waals surface area (Å²) in [6, 6.07) is 1.94. The molecular weight excluding hydrogens is 258 g/mol. The summed E-state index contributed by atoms with van der Waals surface area (Å²) in [4.78, 5) is 4.54. The summed E-state index contributed by atoms with van der Waals surface area (Å²) in [6.07, 6.45) is 6.21. The zero-order valence-corrected chi connectivity index (χ0v) is 11.9. The molecule has 0 aromatic carbocycles. The Hall–Kier alpha value is -1.36. The molecule has 0 spiro atoms. The van der Waals surface area contributed by atoms with Crippen molar-refractivity contribution in [2.75, 3.05) is 5.73 Å². The third-order valence-electron chi connectivity index (χ3n) is 4.16. The highest BCUT2D eigenvalue weighted by Crippen LogP contribution is 2.37. The number of nitrogens with zero attached hydrogens (tertiary/aromatic N) is 2. The van der Waals surface area contributed by atoms with Gasteiger partial charge in [0.2, 0.25) is 0 Å². The van der Waals surface area contributed by atoms with Crippen LogP contribution in [0.25, 0.3) is 11.5 Å². The van der Waals surface area contributed by atoms with E-state index in [9.17, 15) is 0 Å². The number of hydrogen-bond donors (Lipinski definition) is 1. The number of nitrogen functional groups attached to an aromatic ring is 1. The normalized spacial score (nSPS) is 23.6. The molecule has 0 radical (unpaired) electrons. The van der Waals surface area contributed by atoms with E-state index in [1.54, 1.807) is 0 Å². The molecule has 0 atom stereocenters. The van der Waals surface area contributed by atoms with Crippen molar-refractivity contribution in [2.24, 2.45) is 5.92 Å². The Labute approximate surface area is 117 Å². The topological polar surface area (TPSA) is 64.9 Å². The fourth-order valence-electron chi connectivity index (χ4n) is 2.84. The maximum absolute atomic E-state index is 5.89. The Morgan fingerprint density at radius 3 is 2.79 bits per heavy atom. The van der Waals surface area contributed by atoms with Crippen LogP contribution in [0.1, 0.15) is 50.8 Å². The number of hydrogen-bond acceptors (Lipinski definition) is 5. The fraction of sp³-hybridized carbons (Fsp3) is 0.571. The van der Waals surface area contributed by atoms with Gasteiger partial charge in [0, 0.05) is 5.92 Å². The van der Waals surface area contributed by atoms with E-state index >= 15 is 0 Å². The SMILES string of the molecule is CCC1CCC(c2noc(-c3ccsc3N)n2)CC1. The Kier molecular flexibility index (Phi) is 3.55. The van der Waals surface area contributed by atoms with Gasteiger partial charge >= 0.3 is 0 Å². The summed E-state index contributed by atoms with van der Waals surface area (Å²) >= 11 is 1.50. The smallest absolute Gasteiger partial charge is 0.260 e. The molecule has 2 aromatic heterocycles. The van der Waals surface area contributed by atoms with Crippen LogP contribution in [0.5, 0.6) is 0 Å². The molecule has 4 nitrogen and oxygen atoms in total. The maximum Gasteiger partial charge on any atom is 0.260 e. The van der Waals surface area contributed by atoms with Gasteiger partial charge in [-0.2, -0.15) is 4.98 Å². The molecule has 1 aliphatic rings. The van der Waals surface area contributed by atoms with Gasteiger partial charge in [0.05, 0.1) is 10.6 Å². The first kappa shape index (κ1) is 12.7. The van der Waals surface area contributed by atoms with Gasteiger partial charge < -0.3 is 10.3 Å². The van der Waals surface area contributed by atoms with Gasteiger partial charge in [0.25, 0.3) is 5.89 Å². The standard InChI is InChI=1S/C14H19N3OS/c1-2-9-3-5-10(6-4-9)13-16-14(18-17-13)11-7-8-19-12(11)15/h7-10H,2-6,15H2,1H3. The summed E-state index contributed by atoms with van der Waals surface area (Å²) in [5.41, 5.74) is 6.75. The molecule has 5 heteroatoms. The van der Waals surface area contributed by atoms with Gasteiger partial charge in [-0.3, -0.25) is 0 Å². The molecule has 3 rings (SSSR count). The van der Waals surface area contributed by atoms with Crippen LogP contribution in [0.15, 0.2) is 16.0 Å². The van der Waals surface area contributed by atoms with Crippen molar-refractivity contribution in [1.29, 1.82) is 0 Å². The molecule has 102 valence electrons. The number of aromatic nitrogens is 2. The van der Waals surface area contributed by atoms with Crippen molar-refractivity contribution >= 4 is 16.3 Å². The highest BCUT2D eigenvalue weighted by atomic mass is 32.1. The monoisotopic (exact) mass is 277 g/mol. The van der Waals surface area contributed by atoms with E-state index in [4.69, 9.17) is 10.3 Å². The minimum Gasteiger partial charge on any atom is -0.390 e. The Morgan fingerprint density at radius 2 is 2.16 bits per heavy atom. The molecule has 1 fully saturated rings. The summed E-state index contributed by atoms with van der Waals surface area (Å²) < 4.78 is 5.36. The van der Waals surface area contributed by atoms with E-state index in [2.05, 4.69) is 17.1 Å². The first-order chi connectivity index (χ1) is 9.28. The van der Waals surface area contributed by atoms with Crippen molar-refractivity contribution in [3.8, 4) is 11.5 Å². The molecule has 0 unspecified atom stereocenters. The summed E-state index contributed by atoms with van der Waals surface area (Å²) in [6.45, 7) is 2.27. The van der Waals surface area contributed by atoms with E-state index in [0.29, 0.717) is 11.8 Å². The van der Waals surface area contributed by atoms with Gasteiger partial charge in [-0.15, -0.1) is 11.3 Å². The Bertz CT molecular complexity index is 540. The van der Waals surface area contributed by atoms with Crippen LogP contribution in [0.2, 0.25) is 0 Å². The van der Waals surface area contributed by atoms with Crippen LogP contribution in [-0.4, -0.2) is 10.1 Å². The lowest BCUT2D eigenvalue weighted by Crippen LogP contribution is -2.13. The molecule has 2 heterocycles. The molecule has 1 saturated carbocycles. The van der Waals surface area contributed by atoms with E-state index < -0.39 is 0 Å². The predicted octanol–water partition coefficient (Wildman–Crippen LogP) is 4.06. The molecule has 0 saturated heterocycles. The molecule has 0 amide bonds. The average molecular weight is 277 g/mol. The summed E-state index contributed by atoms with van der Waals surface area (Å²) in [5.74, 6) is 2.76. The van der Waals surface area contributed by atoms with Crippen LogP contribution in [0, 0.1) is 5.92 Å². The maximum atomic E-state index is 5.89. The molecule has 0 bridgehead atoms. The van der Waals surface area contributed by atoms with E-state index in [1.807, 2.05) is 11.4 Å². The van der Waals surface area contributed by atoms with E-state index in [-0.39, 0.29) is 0 Å². The zero-order chi connectivity index (χ0) is 13.2. The molecule has 0 aliphatic heterocycles. The highest BCUT2D eigenvalue weighted by Gasteiger charge is 2.25. The van der Waals surface area contributed by atoms with Crippen LogP contribution in [0.4, 0.5) is 5.00 Å². The van der Waals surface area contributed by atoms with Gasteiger partial charge in [-0.1, -0.05) is 18.5 Å². The lowest BCUT2D eigenvalue weighted by atomic mass is 9.80. The number of nitrogens with two attached hydrogens (primary N) is 1. The van der Waals surface area contributed by atoms with E-state index in [0.717, 1.165) is 22.3 Å². The highest BCUT2D eigenvalue weighted by molar-refractivity contribution is 7.14. The second kappa shape index (κ2) is 5.33. The second-order valence-electron chi connectivity index (χ2n) is 5.28. The van der Waals surface area contributed by atoms with Crippen LogP contribution >= 0.6 is 11.3 Å². The van der Waals surface area contributed by atoms with E-state index in [1.165, 1.54) is 43.4 Å². The molecule has 2 aromatic rings. The summed E-state index contributed by atoms with van der Waals surface area (Å²) in [7, 11) is 0. The summed E-state index contributed by atoms with van der Waals surface area (Å²) in [5, 5.41) is 6.84. The third kappa shape index (κ3) is 2.52. The lowest BCUT2D eigenvalue weighted by molar-refractivity contribution is 0.305. The van der Waals surface area contributed by atoms with Crippen LogP contribution < -0.4 is 5.73 Å². The number of rotatable bonds is 3. The number of thiophene rings is 1. The van der Waals surface area contributed by atoms with Crippen molar-refractivity contribution < 1.29 is 4.52 Å². The Balaban J connectivity index is 1.74. The number of anilines is 1. The van der Waals surface area contributed by atoms with Crippen molar-refractivity contribution in [1.82, 2.24) is 10.1 Å². The van der Waals surface area contributed by atoms with Crippen molar-refractivity contribution in [3.63, 3.8) is 0 Å². The zero-order valence-electron chi connectivity index (χ0n) is 11.1. The Morgan fingerprint density at radius 1 is 1.37 bits per heavy atom. The first-order valence-corrected chi connectivity index (χ1v) is 7.82. The third-order valence-corrected chi connectivity index (χ3v) is 4.90. The quantitative estimate of drug-likeness (QED) is 0.918. The average Bonchev–Trinajstić information content (AvgIpc) is 3.07. The molecule has 19 heavy (non-hydrogen) atoms. The largest absolute Gasteiger partial charge is 0.390 e. The van der Waals surface area contributed by atoms with Crippen molar-refractivity contribution in [2.45, 2.75) is 44.9 Å². The predicted molar refractivity (Wildman–Crippen MR) is 77.0 cm³/mol. The van der Waals surface area contributed by atoms with Gasteiger partial charge in [-0.25, -0.2) is 0 Å². The van der Waals surface area contributed by atoms with Gasteiger partial charge in [0.1, 0.15) is 0 Å². The molecule has 1 aliphatic carbocycles. The fourth-order valence-corrected chi connectivity index (χ4v) is 3.47. The minimum atomic E-state index is 0.458. The van der Waals surface area contributed by atoms with Crippen LogP contribution in [0.3, 0.4) is 0 Å². The second-order valence-corrected chi connectivity index (χ2v) is 6.23. The van der Waals surface area contributed by atoms with Crippen molar-refractivity contribution in [3.05, 3.63) is 17.3 Å². The first-order valence-electron chi connectivity index (χ1n) is 6.95. The van der Waals surface area contributed by atoms with Gasteiger partial charge in [0.15, 0.2) is 5.82 Å². The molecule has 2 N–H and O–H groups in total. The van der Waals surface area contributed by atoms with Crippen LogP contribution in [-0.2, 0) is 0 Å². The van der Waals surface area contributed by atoms with Gasteiger partial charge in [-0.05, 0) is 43.0 Å². The minimum absolute atomic E-state index is 0.458.